The molecule has 0 aromatic heterocycles. The summed E-state index contributed by atoms with van der Waals surface area (Å²) in [6, 6.07) is 0.757. The smallest absolute Gasteiger partial charge is 0.154 e. The van der Waals surface area contributed by atoms with Gasteiger partial charge in [0.15, 0.2) is 6.29 Å². The van der Waals surface area contributed by atoms with Crippen molar-refractivity contribution >= 4 is 10.2 Å². The van der Waals surface area contributed by atoms with Crippen LogP contribution in [0.5, 0.6) is 0 Å². The Morgan fingerprint density at radius 2 is 1.46 bits per heavy atom. The van der Waals surface area contributed by atoms with Gasteiger partial charge >= 0.3 is 0 Å². The van der Waals surface area contributed by atoms with Gasteiger partial charge in [0, 0.05) is 23.5 Å². The standard InChI is InChI=1S/C10H21O2Si/c1-3-5-7-11-10(9-13)12-8-6-4-2/h10H,3-9H2,1-2H3. The van der Waals surface area contributed by atoms with Gasteiger partial charge in [0.25, 0.3) is 0 Å². The van der Waals surface area contributed by atoms with E-state index >= 15 is 0 Å². The van der Waals surface area contributed by atoms with E-state index in [1.165, 1.54) is 12.8 Å². The maximum absolute atomic E-state index is 5.51. The molecule has 0 bridgehead atoms. The van der Waals surface area contributed by atoms with Gasteiger partial charge in [-0.2, -0.15) is 0 Å². The van der Waals surface area contributed by atoms with Crippen LogP contribution in [0.15, 0.2) is 0 Å². The Morgan fingerprint density at radius 3 is 1.77 bits per heavy atom. The van der Waals surface area contributed by atoms with Gasteiger partial charge in [-0.1, -0.05) is 26.7 Å². The first kappa shape index (κ1) is 13.1. The van der Waals surface area contributed by atoms with Crippen molar-refractivity contribution in [3.8, 4) is 0 Å². The lowest BCUT2D eigenvalue weighted by Crippen LogP contribution is -2.18. The molecule has 0 aliphatic rings. The van der Waals surface area contributed by atoms with Crippen molar-refractivity contribution in [3.05, 3.63) is 0 Å². The third-order valence-electron chi connectivity index (χ3n) is 1.77. The highest BCUT2D eigenvalue weighted by Crippen LogP contribution is 2.02. The molecule has 0 atom stereocenters. The molecular weight excluding hydrogens is 180 g/mol. The lowest BCUT2D eigenvalue weighted by molar-refractivity contribution is -0.130. The van der Waals surface area contributed by atoms with Crippen LogP contribution < -0.4 is 0 Å². The van der Waals surface area contributed by atoms with Gasteiger partial charge in [0.1, 0.15) is 0 Å². The average Bonchev–Trinajstić information content (AvgIpc) is 2.16. The fraction of sp³-hybridized carbons (Fsp3) is 1.00. The van der Waals surface area contributed by atoms with E-state index in [0.717, 1.165) is 32.1 Å². The highest BCUT2D eigenvalue weighted by Gasteiger charge is 2.04. The molecule has 0 aliphatic carbocycles. The minimum Gasteiger partial charge on any atom is -0.353 e. The Morgan fingerprint density at radius 1 is 1.00 bits per heavy atom. The number of unbranched alkanes of at least 4 members (excludes halogenated alkanes) is 2. The first-order chi connectivity index (χ1) is 6.35. The Bertz CT molecular complexity index is 88.9. The fourth-order valence-electron chi connectivity index (χ4n) is 0.884. The zero-order valence-corrected chi connectivity index (χ0v) is 9.84. The highest BCUT2D eigenvalue weighted by molar-refractivity contribution is 6.08. The third-order valence-corrected chi connectivity index (χ3v) is 2.10. The molecule has 0 unspecified atom stereocenters. The second kappa shape index (κ2) is 10.2. The lowest BCUT2D eigenvalue weighted by atomic mass is 10.4. The second-order valence-corrected chi connectivity index (χ2v) is 3.49. The van der Waals surface area contributed by atoms with Crippen LogP contribution in [0.3, 0.4) is 0 Å². The van der Waals surface area contributed by atoms with Crippen molar-refractivity contribution in [2.24, 2.45) is 0 Å². The van der Waals surface area contributed by atoms with Gasteiger partial charge in [-0.15, -0.1) is 0 Å². The zero-order valence-electron chi connectivity index (χ0n) is 8.84. The van der Waals surface area contributed by atoms with Crippen molar-refractivity contribution in [3.63, 3.8) is 0 Å². The molecule has 0 heterocycles. The summed E-state index contributed by atoms with van der Waals surface area (Å²) in [5.41, 5.74) is 0. The van der Waals surface area contributed by atoms with Crippen LogP contribution in [0, 0.1) is 0 Å². The summed E-state index contributed by atoms with van der Waals surface area (Å²) in [7, 11) is 3.42. The molecule has 0 aliphatic heterocycles. The zero-order chi connectivity index (χ0) is 9.94. The first-order valence-electron chi connectivity index (χ1n) is 5.22. The normalized spacial score (nSPS) is 11.1. The molecule has 0 amide bonds. The number of rotatable bonds is 9. The molecule has 0 spiro atoms. The number of hydrogen-bond donors (Lipinski definition) is 0. The van der Waals surface area contributed by atoms with Gasteiger partial charge in [-0.3, -0.25) is 0 Å². The van der Waals surface area contributed by atoms with Crippen LogP contribution in [0.4, 0.5) is 0 Å². The molecule has 0 fully saturated rings. The third kappa shape index (κ3) is 8.47. The van der Waals surface area contributed by atoms with Crippen LogP contribution in [-0.4, -0.2) is 29.7 Å². The largest absolute Gasteiger partial charge is 0.353 e. The quantitative estimate of drug-likeness (QED) is 0.324. The van der Waals surface area contributed by atoms with Gasteiger partial charge in [0.2, 0.25) is 0 Å². The second-order valence-electron chi connectivity index (χ2n) is 3.08. The van der Waals surface area contributed by atoms with Crippen LogP contribution in [0.2, 0.25) is 6.04 Å². The molecule has 0 rings (SSSR count). The van der Waals surface area contributed by atoms with E-state index in [0.29, 0.717) is 0 Å². The summed E-state index contributed by atoms with van der Waals surface area (Å²) in [5.74, 6) is 0. The summed E-state index contributed by atoms with van der Waals surface area (Å²) in [6.07, 6.45) is 4.50. The number of ether oxygens (including phenoxy) is 2. The molecule has 2 nitrogen and oxygen atoms in total. The highest BCUT2D eigenvalue weighted by atomic mass is 28.1. The maximum Gasteiger partial charge on any atom is 0.154 e. The molecule has 0 aromatic rings. The van der Waals surface area contributed by atoms with Crippen LogP contribution in [-0.2, 0) is 9.47 Å². The molecule has 0 aromatic carbocycles. The molecule has 3 radical (unpaired) electrons. The van der Waals surface area contributed by atoms with Crippen LogP contribution in [0.1, 0.15) is 39.5 Å². The average molecular weight is 201 g/mol. The Labute approximate surface area is 85.4 Å². The summed E-state index contributed by atoms with van der Waals surface area (Å²) in [6.45, 7) is 5.92. The van der Waals surface area contributed by atoms with E-state index in [1.54, 1.807) is 0 Å². The van der Waals surface area contributed by atoms with E-state index < -0.39 is 0 Å². The van der Waals surface area contributed by atoms with Crippen molar-refractivity contribution in [2.75, 3.05) is 13.2 Å². The topological polar surface area (TPSA) is 18.5 Å². The van der Waals surface area contributed by atoms with Gasteiger partial charge in [0.05, 0.1) is 0 Å². The first-order valence-corrected chi connectivity index (χ1v) is 5.93. The SMILES string of the molecule is CCCCOC(C[Si])OCCCC. The van der Waals surface area contributed by atoms with Gasteiger partial charge in [-0.25, -0.2) is 0 Å². The molecule has 0 saturated heterocycles. The van der Waals surface area contributed by atoms with Crippen molar-refractivity contribution in [1.82, 2.24) is 0 Å². The fourth-order valence-corrected chi connectivity index (χ4v) is 1.12. The summed E-state index contributed by atoms with van der Waals surface area (Å²) < 4.78 is 11.0. The molecular formula is C10H21O2Si. The van der Waals surface area contributed by atoms with E-state index in [2.05, 4.69) is 24.1 Å². The molecule has 3 heteroatoms. The molecule has 0 N–H and O–H groups in total. The molecule has 0 saturated carbocycles. The maximum atomic E-state index is 5.51. The lowest BCUT2D eigenvalue weighted by Gasteiger charge is -2.16. The Hall–Kier alpha value is 0.137. The molecule has 13 heavy (non-hydrogen) atoms. The van der Waals surface area contributed by atoms with Crippen molar-refractivity contribution < 1.29 is 9.47 Å². The summed E-state index contributed by atoms with van der Waals surface area (Å²) >= 11 is 0. The predicted octanol–water partition coefficient (Wildman–Crippen LogP) is 2.53. The van der Waals surface area contributed by atoms with E-state index in [1.807, 2.05) is 0 Å². The van der Waals surface area contributed by atoms with Crippen molar-refractivity contribution in [1.29, 1.82) is 0 Å². The van der Waals surface area contributed by atoms with Crippen molar-refractivity contribution in [2.45, 2.75) is 51.9 Å². The Balaban J connectivity index is 3.28. The van der Waals surface area contributed by atoms with E-state index in [4.69, 9.17) is 9.47 Å². The van der Waals surface area contributed by atoms with Gasteiger partial charge < -0.3 is 9.47 Å². The van der Waals surface area contributed by atoms with Crippen LogP contribution >= 0.6 is 0 Å². The van der Waals surface area contributed by atoms with E-state index in [-0.39, 0.29) is 6.29 Å². The monoisotopic (exact) mass is 201 g/mol. The molecule has 77 valence electrons. The Kier molecular flexibility index (Phi) is 10.3. The van der Waals surface area contributed by atoms with Gasteiger partial charge in [-0.05, 0) is 18.9 Å². The summed E-state index contributed by atoms with van der Waals surface area (Å²) in [5, 5.41) is 0. The summed E-state index contributed by atoms with van der Waals surface area (Å²) in [4.78, 5) is 0. The van der Waals surface area contributed by atoms with Crippen LogP contribution in [0.25, 0.3) is 0 Å². The minimum absolute atomic E-state index is 0.0604. The van der Waals surface area contributed by atoms with E-state index in [9.17, 15) is 0 Å². The predicted molar refractivity (Wildman–Crippen MR) is 56.1 cm³/mol. The number of hydrogen-bond acceptors (Lipinski definition) is 2. The minimum atomic E-state index is -0.0604.